The van der Waals surface area contributed by atoms with Gasteiger partial charge in [-0.3, -0.25) is 10.1 Å². The molecule has 2 aromatic carbocycles. The molecule has 23 heavy (non-hydrogen) atoms. The van der Waals surface area contributed by atoms with Crippen molar-refractivity contribution in [2.24, 2.45) is 5.14 Å². The Balaban J connectivity index is 2.30. The summed E-state index contributed by atoms with van der Waals surface area (Å²) < 4.78 is 28.4. The Hall–Kier alpha value is -2.65. The van der Waals surface area contributed by atoms with Gasteiger partial charge in [-0.2, -0.15) is 0 Å². The summed E-state index contributed by atoms with van der Waals surface area (Å²) in [5, 5.41) is 18.8. The number of primary sulfonamides is 1. The summed E-state index contributed by atoms with van der Waals surface area (Å²) in [7, 11) is -2.55. The van der Waals surface area contributed by atoms with E-state index in [1.165, 1.54) is 12.1 Å². The number of nitro groups is 1. The number of methoxy groups -OCH3 is 1. The topological polar surface area (TPSA) is 125 Å². The van der Waals surface area contributed by atoms with Crippen LogP contribution in [0.5, 0.6) is 5.75 Å². The van der Waals surface area contributed by atoms with Gasteiger partial charge in [0.1, 0.15) is 10.6 Å². The summed E-state index contributed by atoms with van der Waals surface area (Å²) in [6, 6.07) is 10.7. The number of non-ortho nitro benzene ring substituents is 1. The lowest BCUT2D eigenvalue weighted by atomic mass is 10.2. The van der Waals surface area contributed by atoms with Crippen molar-refractivity contribution in [1.82, 2.24) is 0 Å². The zero-order chi connectivity index (χ0) is 17.0. The number of rotatable bonds is 6. The van der Waals surface area contributed by atoms with Crippen LogP contribution in [0.1, 0.15) is 5.56 Å². The molecule has 0 bridgehead atoms. The summed E-state index contributed by atoms with van der Waals surface area (Å²) in [5.74, 6) is 0.666. The molecule has 0 fully saturated rings. The number of sulfonamides is 1. The predicted octanol–water partition coefficient (Wildman–Crippen LogP) is 1.86. The normalized spacial score (nSPS) is 11.0. The van der Waals surface area contributed by atoms with Gasteiger partial charge in [0.2, 0.25) is 10.0 Å². The molecule has 9 heteroatoms. The summed E-state index contributed by atoms with van der Waals surface area (Å²) in [6.45, 7) is 0.303. The Labute approximate surface area is 133 Å². The number of nitrogens with zero attached hydrogens (tertiary/aromatic N) is 1. The molecular formula is C14H15N3O5S. The second-order valence-corrected chi connectivity index (χ2v) is 6.22. The van der Waals surface area contributed by atoms with Gasteiger partial charge in [-0.1, -0.05) is 12.1 Å². The Bertz CT molecular complexity index is 836. The molecule has 0 spiro atoms. The molecule has 0 amide bonds. The van der Waals surface area contributed by atoms with E-state index >= 15 is 0 Å². The lowest BCUT2D eigenvalue weighted by molar-refractivity contribution is -0.385. The van der Waals surface area contributed by atoms with Gasteiger partial charge in [0.25, 0.3) is 5.69 Å². The molecule has 0 aliphatic heterocycles. The van der Waals surface area contributed by atoms with Crippen molar-refractivity contribution >= 4 is 21.4 Å². The molecule has 0 aliphatic carbocycles. The average Bonchev–Trinajstić information content (AvgIpc) is 2.52. The number of nitrogens with two attached hydrogens (primary N) is 1. The van der Waals surface area contributed by atoms with Crippen molar-refractivity contribution in [2.75, 3.05) is 12.4 Å². The van der Waals surface area contributed by atoms with Crippen LogP contribution >= 0.6 is 0 Å². The van der Waals surface area contributed by atoms with Crippen molar-refractivity contribution in [1.29, 1.82) is 0 Å². The second kappa shape index (κ2) is 6.63. The Morgan fingerprint density at radius 1 is 1.26 bits per heavy atom. The van der Waals surface area contributed by atoms with Crippen LogP contribution in [0.15, 0.2) is 47.4 Å². The predicted molar refractivity (Wildman–Crippen MR) is 84.8 cm³/mol. The molecule has 3 N–H and O–H groups in total. The van der Waals surface area contributed by atoms with Crippen LogP contribution in [-0.2, 0) is 16.6 Å². The third-order valence-electron chi connectivity index (χ3n) is 3.10. The minimum absolute atomic E-state index is 0.195. The maximum absolute atomic E-state index is 11.6. The van der Waals surface area contributed by atoms with Crippen LogP contribution < -0.4 is 15.2 Å². The highest BCUT2D eigenvalue weighted by Crippen LogP contribution is 2.26. The maximum atomic E-state index is 11.6. The molecule has 8 nitrogen and oxygen atoms in total. The van der Waals surface area contributed by atoms with Crippen LogP contribution in [0.3, 0.4) is 0 Å². The molecule has 2 aromatic rings. The van der Waals surface area contributed by atoms with Gasteiger partial charge < -0.3 is 10.1 Å². The van der Waals surface area contributed by atoms with Crippen molar-refractivity contribution < 1.29 is 18.1 Å². The molecule has 0 radical (unpaired) electrons. The van der Waals surface area contributed by atoms with Gasteiger partial charge in [-0.25, -0.2) is 13.6 Å². The molecule has 2 rings (SSSR count). The van der Waals surface area contributed by atoms with Gasteiger partial charge in [0.05, 0.1) is 17.7 Å². The third kappa shape index (κ3) is 4.18. The fourth-order valence-corrected chi connectivity index (χ4v) is 2.72. The molecule has 122 valence electrons. The first-order chi connectivity index (χ1) is 10.8. The standard InChI is InChI=1S/C14H15N3O5S/c1-22-12-4-2-3-10(7-12)9-16-13-6-5-11(17(18)19)8-14(13)23(15,20)21/h2-8,16H,9H2,1H3,(H2,15,20,21). The van der Waals surface area contributed by atoms with E-state index in [1.807, 2.05) is 6.07 Å². The fraction of sp³-hybridized carbons (Fsp3) is 0.143. The molecule has 0 unspecified atom stereocenters. The van der Waals surface area contributed by atoms with Crippen molar-refractivity contribution in [3.63, 3.8) is 0 Å². The van der Waals surface area contributed by atoms with E-state index in [1.54, 1.807) is 25.3 Å². The van der Waals surface area contributed by atoms with Crippen molar-refractivity contribution in [3.05, 3.63) is 58.1 Å². The number of nitro benzene ring substituents is 1. The average molecular weight is 337 g/mol. The lowest BCUT2D eigenvalue weighted by Gasteiger charge is -2.11. The Morgan fingerprint density at radius 3 is 2.61 bits per heavy atom. The smallest absolute Gasteiger partial charge is 0.270 e. The van der Waals surface area contributed by atoms with Crippen molar-refractivity contribution in [3.8, 4) is 5.75 Å². The van der Waals surface area contributed by atoms with Crippen LogP contribution in [0, 0.1) is 10.1 Å². The van der Waals surface area contributed by atoms with E-state index in [0.717, 1.165) is 11.6 Å². The summed E-state index contributed by atoms with van der Waals surface area (Å²) >= 11 is 0. The summed E-state index contributed by atoms with van der Waals surface area (Å²) in [4.78, 5) is 9.77. The Morgan fingerprint density at radius 2 is 2.00 bits per heavy atom. The molecule has 0 atom stereocenters. The first kappa shape index (κ1) is 16.7. The quantitative estimate of drug-likeness (QED) is 0.612. The van der Waals surface area contributed by atoms with Crippen molar-refractivity contribution in [2.45, 2.75) is 11.4 Å². The van der Waals surface area contributed by atoms with Crippen LogP contribution in [-0.4, -0.2) is 20.5 Å². The monoisotopic (exact) mass is 337 g/mol. The van der Waals surface area contributed by atoms with E-state index in [9.17, 15) is 18.5 Å². The molecule has 0 saturated heterocycles. The molecule has 0 heterocycles. The fourth-order valence-electron chi connectivity index (χ4n) is 1.99. The van der Waals surface area contributed by atoms with E-state index in [-0.39, 0.29) is 16.3 Å². The minimum Gasteiger partial charge on any atom is -0.497 e. The highest BCUT2D eigenvalue weighted by Gasteiger charge is 2.18. The highest BCUT2D eigenvalue weighted by atomic mass is 32.2. The van der Waals surface area contributed by atoms with Gasteiger partial charge in [-0.15, -0.1) is 0 Å². The molecule has 0 aromatic heterocycles. The summed E-state index contributed by atoms with van der Waals surface area (Å²) in [6.07, 6.45) is 0. The van der Waals surface area contributed by atoms with Gasteiger partial charge >= 0.3 is 0 Å². The van der Waals surface area contributed by atoms with Crippen LogP contribution in [0.2, 0.25) is 0 Å². The SMILES string of the molecule is COc1cccc(CNc2ccc([N+](=O)[O-])cc2S(N)(=O)=O)c1. The second-order valence-electron chi connectivity index (χ2n) is 4.69. The number of ether oxygens (including phenoxy) is 1. The first-order valence-electron chi connectivity index (χ1n) is 6.49. The van der Waals surface area contributed by atoms with Gasteiger partial charge in [-0.05, 0) is 23.8 Å². The van der Waals surface area contributed by atoms with Gasteiger partial charge in [0.15, 0.2) is 0 Å². The number of benzene rings is 2. The number of nitrogens with one attached hydrogen (secondary N) is 1. The zero-order valence-corrected chi connectivity index (χ0v) is 13.0. The van der Waals surface area contributed by atoms with E-state index in [2.05, 4.69) is 5.32 Å². The van der Waals surface area contributed by atoms with E-state index in [4.69, 9.17) is 9.88 Å². The number of hydrogen-bond donors (Lipinski definition) is 2. The first-order valence-corrected chi connectivity index (χ1v) is 8.04. The molecule has 0 saturated carbocycles. The highest BCUT2D eigenvalue weighted by molar-refractivity contribution is 7.89. The zero-order valence-electron chi connectivity index (χ0n) is 12.2. The van der Waals surface area contributed by atoms with Crippen LogP contribution in [0.4, 0.5) is 11.4 Å². The number of hydrogen-bond acceptors (Lipinski definition) is 6. The van der Waals surface area contributed by atoms with Gasteiger partial charge in [0, 0.05) is 18.7 Å². The lowest BCUT2D eigenvalue weighted by Crippen LogP contribution is -2.15. The van der Waals surface area contributed by atoms with E-state index < -0.39 is 14.9 Å². The minimum atomic E-state index is -4.10. The summed E-state index contributed by atoms with van der Waals surface area (Å²) in [5.41, 5.74) is 0.699. The molecular weight excluding hydrogens is 322 g/mol. The molecule has 0 aliphatic rings. The van der Waals surface area contributed by atoms with E-state index in [0.29, 0.717) is 12.3 Å². The Kier molecular flexibility index (Phi) is 4.82. The number of anilines is 1. The largest absolute Gasteiger partial charge is 0.497 e. The third-order valence-corrected chi connectivity index (χ3v) is 4.05. The van der Waals surface area contributed by atoms with Crippen LogP contribution in [0.25, 0.3) is 0 Å². The maximum Gasteiger partial charge on any atom is 0.270 e.